The quantitative estimate of drug-likeness (QED) is 0.362. The first kappa shape index (κ1) is 23.0. The molecule has 3 amide bonds. The largest absolute Gasteiger partial charge is 0.454 e. The Labute approximate surface area is 204 Å². The minimum Gasteiger partial charge on any atom is -0.454 e. The van der Waals surface area contributed by atoms with Crippen LogP contribution in [-0.4, -0.2) is 41.2 Å². The second-order valence-electron chi connectivity index (χ2n) is 9.46. The number of rotatable bonds is 8. The van der Waals surface area contributed by atoms with Crippen molar-refractivity contribution < 1.29 is 23.9 Å². The van der Waals surface area contributed by atoms with E-state index in [2.05, 4.69) is 5.32 Å². The Hall–Kier alpha value is -3.74. The van der Waals surface area contributed by atoms with Crippen molar-refractivity contribution in [2.24, 2.45) is 23.7 Å². The molecule has 3 aliphatic rings. The minimum atomic E-state index is -1.11. The number of hydrogen-bond acceptors (Lipinski definition) is 5. The zero-order chi connectivity index (χ0) is 24.5. The molecule has 2 aromatic carbocycles. The summed E-state index contributed by atoms with van der Waals surface area (Å²) in [5.41, 5.74) is 2.55. The normalized spacial score (nSPS) is 25.0. The van der Waals surface area contributed by atoms with Crippen LogP contribution < -0.4 is 5.32 Å². The van der Waals surface area contributed by atoms with Crippen LogP contribution in [0.1, 0.15) is 24.5 Å². The third-order valence-corrected chi connectivity index (χ3v) is 7.35. The molecule has 7 heteroatoms. The van der Waals surface area contributed by atoms with E-state index in [1.807, 2.05) is 61.5 Å². The van der Waals surface area contributed by atoms with Crippen LogP contribution in [0.5, 0.6) is 0 Å². The Morgan fingerprint density at radius 1 is 0.943 bits per heavy atom. The molecule has 2 fully saturated rings. The summed E-state index contributed by atoms with van der Waals surface area (Å²) in [6.07, 6.45) is 5.87. The molecule has 1 saturated carbocycles. The van der Waals surface area contributed by atoms with Crippen LogP contribution in [0, 0.1) is 23.7 Å². The number of likely N-dealkylation sites (tertiary alicyclic amines) is 1. The SMILES string of the molecule is CCc1ccc(NC(=O)COC(=O)[C@H](Cc2ccccc2)N2C(=O)[C@@H]3[C@H](C2=O)[C@H]2C=C[C@H]3C2)cc1. The average molecular weight is 473 g/mol. The van der Waals surface area contributed by atoms with Crippen LogP contribution in [0.15, 0.2) is 66.7 Å². The summed E-state index contributed by atoms with van der Waals surface area (Å²) in [4.78, 5) is 53.4. The maximum absolute atomic E-state index is 13.3. The number of carbonyl (C=O) groups excluding carboxylic acids is 4. The van der Waals surface area contributed by atoms with E-state index in [1.165, 1.54) is 0 Å². The maximum atomic E-state index is 13.3. The molecule has 5 rings (SSSR count). The fourth-order valence-corrected chi connectivity index (χ4v) is 5.60. The number of aryl methyl sites for hydroxylation is 1. The molecule has 1 saturated heterocycles. The third kappa shape index (κ3) is 4.38. The van der Waals surface area contributed by atoms with E-state index in [0.29, 0.717) is 5.69 Å². The van der Waals surface area contributed by atoms with Gasteiger partial charge in [0, 0.05) is 12.1 Å². The van der Waals surface area contributed by atoms with Crippen LogP contribution in [0.4, 0.5) is 5.69 Å². The molecule has 35 heavy (non-hydrogen) atoms. The minimum absolute atomic E-state index is 0.0460. The van der Waals surface area contributed by atoms with Gasteiger partial charge in [0.05, 0.1) is 11.8 Å². The molecule has 180 valence electrons. The molecule has 0 unspecified atom stereocenters. The molecule has 2 bridgehead atoms. The lowest BCUT2D eigenvalue weighted by Crippen LogP contribution is -2.48. The number of hydrogen-bond donors (Lipinski definition) is 1. The number of esters is 1. The zero-order valence-electron chi connectivity index (χ0n) is 19.6. The van der Waals surface area contributed by atoms with E-state index in [-0.39, 0.29) is 30.1 Å². The smallest absolute Gasteiger partial charge is 0.330 e. The molecule has 7 nitrogen and oxygen atoms in total. The van der Waals surface area contributed by atoms with Crippen molar-refractivity contribution in [1.29, 1.82) is 0 Å². The van der Waals surface area contributed by atoms with Gasteiger partial charge in [0.1, 0.15) is 6.04 Å². The fraction of sp³-hybridized carbons (Fsp3) is 0.357. The van der Waals surface area contributed by atoms with Gasteiger partial charge in [-0.2, -0.15) is 0 Å². The molecule has 1 heterocycles. The van der Waals surface area contributed by atoms with E-state index in [1.54, 1.807) is 12.1 Å². The second-order valence-corrected chi connectivity index (χ2v) is 9.46. The molecular weight excluding hydrogens is 444 g/mol. The predicted molar refractivity (Wildman–Crippen MR) is 129 cm³/mol. The number of ether oxygens (including phenoxy) is 1. The molecule has 2 aliphatic carbocycles. The van der Waals surface area contributed by atoms with Crippen molar-refractivity contribution in [1.82, 2.24) is 4.90 Å². The van der Waals surface area contributed by atoms with Crippen LogP contribution >= 0.6 is 0 Å². The van der Waals surface area contributed by atoms with Gasteiger partial charge in [0.2, 0.25) is 11.8 Å². The number of nitrogens with zero attached hydrogens (tertiary/aromatic N) is 1. The third-order valence-electron chi connectivity index (χ3n) is 7.35. The fourth-order valence-electron chi connectivity index (χ4n) is 5.60. The first-order chi connectivity index (χ1) is 17.0. The molecule has 0 spiro atoms. The second kappa shape index (κ2) is 9.49. The number of anilines is 1. The maximum Gasteiger partial charge on any atom is 0.330 e. The Bertz CT molecular complexity index is 1140. The highest BCUT2D eigenvalue weighted by Crippen LogP contribution is 2.53. The summed E-state index contributed by atoms with van der Waals surface area (Å²) in [6.45, 7) is 1.54. The average Bonchev–Trinajstić information content (AvgIpc) is 3.56. The molecular formula is C28H28N2O5. The van der Waals surface area contributed by atoms with E-state index in [9.17, 15) is 19.2 Å². The molecule has 1 N–H and O–H groups in total. The summed E-state index contributed by atoms with van der Waals surface area (Å²) in [6, 6.07) is 15.5. The molecule has 5 atom stereocenters. The molecule has 2 aromatic rings. The van der Waals surface area contributed by atoms with Gasteiger partial charge >= 0.3 is 5.97 Å². The van der Waals surface area contributed by atoms with Gasteiger partial charge < -0.3 is 10.1 Å². The van der Waals surface area contributed by atoms with Gasteiger partial charge in [-0.3, -0.25) is 19.3 Å². The van der Waals surface area contributed by atoms with Gasteiger partial charge in [-0.05, 0) is 47.9 Å². The van der Waals surface area contributed by atoms with Crippen molar-refractivity contribution in [3.8, 4) is 0 Å². The van der Waals surface area contributed by atoms with E-state index in [4.69, 9.17) is 4.74 Å². The predicted octanol–water partition coefficient (Wildman–Crippen LogP) is 3.15. The Kier molecular flexibility index (Phi) is 6.24. The highest BCUT2D eigenvalue weighted by atomic mass is 16.5. The lowest BCUT2D eigenvalue weighted by Gasteiger charge is -2.26. The highest BCUT2D eigenvalue weighted by Gasteiger charge is 2.61. The summed E-state index contributed by atoms with van der Waals surface area (Å²) in [5, 5.41) is 2.70. The summed E-state index contributed by atoms with van der Waals surface area (Å²) >= 11 is 0. The van der Waals surface area contributed by atoms with Gasteiger partial charge in [-0.25, -0.2) is 4.79 Å². The summed E-state index contributed by atoms with van der Waals surface area (Å²) < 4.78 is 5.34. The van der Waals surface area contributed by atoms with E-state index < -0.39 is 36.4 Å². The van der Waals surface area contributed by atoms with Crippen molar-refractivity contribution >= 4 is 29.4 Å². The standard InChI is InChI=1S/C28H28N2O5/c1-2-17-8-12-21(13-9-17)29-23(31)16-35-28(34)22(14-18-6-4-3-5-7-18)30-26(32)24-19-10-11-20(15-19)25(24)27(30)33/h3-13,19-20,22,24-25H,2,14-16H2,1H3,(H,29,31)/t19-,20-,22-,24-,25+/m0/s1. The van der Waals surface area contributed by atoms with Crippen LogP contribution in [0.25, 0.3) is 0 Å². The first-order valence-electron chi connectivity index (χ1n) is 12.1. The number of allylic oxidation sites excluding steroid dienone is 2. The van der Waals surface area contributed by atoms with Gasteiger partial charge in [0.25, 0.3) is 5.91 Å². The summed E-state index contributed by atoms with van der Waals surface area (Å²) in [7, 11) is 0. The van der Waals surface area contributed by atoms with Crippen LogP contribution in [-0.2, 0) is 36.8 Å². The van der Waals surface area contributed by atoms with Crippen molar-refractivity contribution in [3.05, 3.63) is 77.9 Å². The number of imide groups is 1. The molecule has 1 aliphatic heterocycles. The van der Waals surface area contributed by atoms with E-state index >= 15 is 0 Å². The number of amides is 3. The lowest BCUT2D eigenvalue weighted by molar-refractivity contribution is -0.160. The van der Waals surface area contributed by atoms with Gasteiger partial charge in [-0.15, -0.1) is 0 Å². The number of fused-ring (bicyclic) bond motifs is 5. The number of carbonyl (C=O) groups is 4. The lowest BCUT2D eigenvalue weighted by atomic mass is 9.85. The molecule has 0 radical (unpaired) electrons. The Balaban J connectivity index is 1.30. The van der Waals surface area contributed by atoms with Crippen LogP contribution in [0.3, 0.4) is 0 Å². The zero-order valence-corrected chi connectivity index (χ0v) is 19.6. The highest BCUT2D eigenvalue weighted by molar-refractivity contribution is 6.09. The van der Waals surface area contributed by atoms with Crippen LogP contribution in [0.2, 0.25) is 0 Å². The van der Waals surface area contributed by atoms with E-state index in [0.717, 1.165) is 28.9 Å². The topological polar surface area (TPSA) is 92.8 Å². The molecule has 0 aromatic heterocycles. The first-order valence-corrected chi connectivity index (χ1v) is 12.1. The van der Waals surface area contributed by atoms with Gasteiger partial charge in [0.15, 0.2) is 6.61 Å². The van der Waals surface area contributed by atoms with Gasteiger partial charge in [-0.1, -0.05) is 61.5 Å². The Morgan fingerprint density at radius 2 is 1.57 bits per heavy atom. The monoisotopic (exact) mass is 472 g/mol. The Morgan fingerprint density at radius 3 is 2.17 bits per heavy atom. The summed E-state index contributed by atoms with van der Waals surface area (Å²) in [5.74, 6) is -2.58. The number of nitrogens with one attached hydrogen (secondary N) is 1. The van der Waals surface area contributed by atoms with Crippen molar-refractivity contribution in [3.63, 3.8) is 0 Å². The number of benzene rings is 2. The van der Waals surface area contributed by atoms with Crippen molar-refractivity contribution in [2.75, 3.05) is 11.9 Å². The van der Waals surface area contributed by atoms with Crippen molar-refractivity contribution in [2.45, 2.75) is 32.2 Å².